The monoisotopic (exact) mass is 356 g/mol. The molecule has 25 heavy (non-hydrogen) atoms. The summed E-state index contributed by atoms with van der Waals surface area (Å²) < 4.78 is 1.53. The lowest BCUT2D eigenvalue weighted by molar-refractivity contribution is -0.123. The van der Waals surface area contributed by atoms with E-state index < -0.39 is 5.54 Å². The van der Waals surface area contributed by atoms with Gasteiger partial charge >= 0.3 is 0 Å². The number of aryl methyl sites for hydroxylation is 3. The largest absolute Gasteiger partial charge is 0.338 e. The Morgan fingerprint density at radius 1 is 1.36 bits per heavy atom. The predicted octanol–water partition coefficient (Wildman–Crippen LogP) is 2.29. The highest BCUT2D eigenvalue weighted by Crippen LogP contribution is 2.33. The van der Waals surface area contributed by atoms with Crippen LogP contribution in [0.5, 0.6) is 0 Å². The van der Waals surface area contributed by atoms with Crippen LogP contribution in [0.1, 0.15) is 49.0 Å². The molecular weight excluding hydrogens is 336 g/mol. The van der Waals surface area contributed by atoms with E-state index in [0.717, 1.165) is 35.9 Å². The number of carbonyl (C=O) groups is 1. The Hall–Kier alpha value is -2.20. The zero-order chi connectivity index (χ0) is 17.4. The molecule has 0 aliphatic heterocycles. The van der Waals surface area contributed by atoms with Gasteiger partial charge in [0.05, 0.1) is 17.8 Å². The van der Waals surface area contributed by atoms with Gasteiger partial charge in [0.15, 0.2) is 0 Å². The van der Waals surface area contributed by atoms with Crippen LogP contribution in [0.3, 0.4) is 0 Å². The number of nitriles is 1. The maximum Gasteiger partial charge on any atom is 0.262 e. The lowest BCUT2D eigenvalue weighted by atomic mass is 9.78. The van der Waals surface area contributed by atoms with Gasteiger partial charge in [-0.25, -0.2) is 4.98 Å². The van der Waals surface area contributed by atoms with Gasteiger partial charge < -0.3 is 5.32 Å². The molecule has 1 amide bonds. The summed E-state index contributed by atoms with van der Waals surface area (Å²) in [5, 5.41) is 12.8. The van der Waals surface area contributed by atoms with E-state index in [-0.39, 0.29) is 17.9 Å². The van der Waals surface area contributed by atoms with Crippen molar-refractivity contribution in [3.63, 3.8) is 0 Å². The third-order valence-corrected chi connectivity index (χ3v) is 6.52. The first-order chi connectivity index (χ1) is 12.1. The molecule has 0 atom stereocenters. The van der Waals surface area contributed by atoms with Crippen molar-refractivity contribution >= 4 is 27.5 Å². The average Bonchev–Trinajstić information content (AvgIpc) is 2.97. The summed E-state index contributed by atoms with van der Waals surface area (Å²) in [4.78, 5) is 31.5. The number of fused-ring (bicyclic) bond motifs is 3. The summed E-state index contributed by atoms with van der Waals surface area (Å²) in [5.41, 5.74) is 0.438. The molecule has 0 saturated heterocycles. The summed E-state index contributed by atoms with van der Waals surface area (Å²) in [6, 6.07) is 2.20. The van der Waals surface area contributed by atoms with Crippen molar-refractivity contribution < 1.29 is 4.79 Å². The Bertz CT molecular complexity index is 933. The van der Waals surface area contributed by atoms with Crippen molar-refractivity contribution in [2.45, 2.75) is 63.5 Å². The molecule has 2 aliphatic carbocycles. The Morgan fingerprint density at radius 2 is 2.16 bits per heavy atom. The zero-order valence-corrected chi connectivity index (χ0v) is 14.8. The molecule has 2 aromatic rings. The molecule has 2 heterocycles. The highest BCUT2D eigenvalue weighted by molar-refractivity contribution is 7.18. The van der Waals surface area contributed by atoms with E-state index in [0.29, 0.717) is 19.4 Å². The molecule has 0 radical (unpaired) electrons. The van der Waals surface area contributed by atoms with Crippen molar-refractivity contribution in [3.8, 4) is 6.07 Å². The van der Waals surface area contributed by atoms with Crippen LogP contribution in [0.25, 0.3) is 10.2 Å². The minimum absolute atomic E-state index is 0.0455. The molecule has 0 bridgehead atoms. The molecule has 1 saturated carbocycles. The SMILES string of the molecule is N#CC1(NC(=O)CCn2cnc3sc4c(c3c2=O)CCCC4)CCC1. The topological polar surface area (TPSA) is 87.8 Å². The van der Waals surface area contributed by atoms with Gasteiger partial charge in [-0.2, -0.15) is 5.26 Å². The normalized spacial score (nSPS) is 18.2. The number of thiophene rings is 1. The van der Waals surface area contributed by atoms with Gasteiger partial charge in [-0.05, 0) is 50.5 Å². The summed E-state index contributed by atoms with van der Waals surface area (Å²) in [5.74, 6) is -0.180. The molecule has 0 unspecified atom stereocenters. The number of amides is 1. The van der Waals surface area contributed by atoms with Gasteiger partial charge in [-0.3, -0.25) is 14.2 Å². The van der Waals surface area contributed by atoms with Crippen molar-refractivity contribution in [3.05, 3.63) is 27.1 Å². The molecule has 1 N–H and O–H groups in total. The van der Waals surface area contributed by atoms with E-state index in [9.17, 15) is 14.9 Å². The minimum Gasteiger partial charge on any atom is -0.338 e. The van der Waals surface area contributed by atoms with Crippen LogP contribution >= 0.6 is 11.3 Å². The number of nitrogens with zero attached hydrogens (tertiary/aromatic N) is 3. The maximum absolute atomic E-state index is 12.8. The van der Waals surface area contributed by atoms with Crippen LogP contribution in [-0.4, -0.2) is 21.0 Å². The van der Waals surface area contributed by atoms with E-state index in [1.54, 1.807) is 17.7 Å². The van der Waals surface area contributed by atoms with Gasteiger partial charge in [-0.15, -0.1) is 11.3 Å². The number of hydrogen-bond acceptors (Lipinski definition) is 5. The number of rotatable bonds is 4. The van der Waals surface area contributed by atoms with Crippen molar-refractivity contribution in [1.82, 2.24) is 14.9 Å². The number of hydrogen-bond donors (Lipinski definition) is 1. The first kappa shape index (κ1) is 16.3. The van der Waals surface area contributed by atoms with Gasteiger partial charge in [0.2, 0.25) is 5.91 Å². The summed E-state index contributed by atoms with van der Waals surface area (Å²) in [7, 11) is 0. The maximum atomic E-state index is 12.8. The van der Waals surface area contributed by atoms with Gasteiger partial charge in [0, 0.05) is 17.8 Å². The lowest BCUT2D eigenvalue weighted by Gasteiger charge is -2.35. The Morgan fingerprint density at radius 3 is 2.88 bits per heavy atom. The Balaban J connectivity index is 1.52. The second-order valence-corrected chi connectivity index (χ2v) is 8.06. The Kier molecular flexibility index (Phi) is 4.08. The van der Waals surface area contributed by atoms with E-state index in [1.165, 1.54) is 21.4 Å². The quantitative estimate of drug-likeness (QED) is 0.910. The summed E-state index contributed by atoms with van der Waals surface area (Å²) in [6.45, 7) is 0.291. The number of aromatic nitrogens is 2. The van der Waals surface area contributed by atoms with Crippen molar-refractivity contribution in [1.29, 1.82) is 5.26 Å². The highest BCUT2D eigenvalue weighted by Gasteiger charge is 2.38. The van der Waals surface area contributed by atoms with E-state index in [4.69, 9.17) is 0 Å². The number of carbonyl (C=O) groups excluding carboxylic acids is 1. The summed E-state index contributed by atoms with van der Waals surface area (Å²) >= 11 is 1.63. The minimum atomic E-state index is -0.684. The zero-order valence-electron chi connectivity index (χ0n) is 14.0. The molecule has 0 spiro atoms. The second-order valence-electron chi connectivity index (χ2n) is 6.98. The molecule has 7 heteroatoms. The van der Waals surface area contributed by atoms with E-state index in [1.807, 2.05) is 0 Å². The standard InChI is InChI=1S/C18H20N4O2S/c19-10-18(7-3-8-18)21-14(23)6-9-22-11-20-16-15(17(22)24)12-4-1-2-5-13(12)25-16/h11H,1-9H2,(H,21,23). The average molecular weight is 356 g/mol. The second kappa shape index (κ2) is 6.26. The third-order valence-electron chi connectivity index (χ3n) is 5.32. The fraction of sp³-hybridized carbons (Fsp3) is 0.556. The molecule has 2 aliphatic rings. The van der Waals surface area contributed by atoms with Crippen LogP contribution < -0.4 is 10.9 Å². The van der Waals surface area contributed by atoms with Crippen molar-refractivity contribution in [2.24, 2.45) is 0 Å². The van der Waals surface area contributed by atoms with Crippen LogP contribution in [-0.2, 0) is 24.2 Å². The van der Waals surface area contributed by atoms with Crippen LogP contribution in [0, 0.1) is 11.3 Å². The predicted molar refractivity (Wildman–Crippen MR) is 95.5 cm³/mol. The summed E-state index contributed by atoms with van der Waals surface area (Å²) in [6.07, 6.45) is 8.40. The smallest absolute Gasteiger partial charge is 0.262 e. The third kappa shape index (κ3) is 2.85. The fourth-order valence-electron chi connectivity index (χ4n) is 3.69. The fourth-order valence-corrected chi connectivity index (χ4v) is 4.91. The molecule has 4 rings (SSSR count). The van der Waals surface area contributed by atoms with E-state index >= 15 is 0 Å². The lowest BCUT2D eigenvalue weighted by Crippen LogP contribution is -2.52. The van der Waals surface area contributed by atoms with E-state index in [2.05, 4.69) is 16.4 Å². The van der Waals surface area contributed by atoms with Crippen molar-refractivity contribution in [2.75, 3.05) is 0 Å². The molecular formula is C18H20N4O2S. The Labute approximate surface area is 149 Å². The molecule has 1 fully saturated rings. The van der Waals surface area contributed by atoms with Gasteiger partial charge in [0.25, 0.3) is 5.56 Å². The molecule has 0 aromatic carbocycles. The van der Waals surface area contributed by atoms with Crippen LogP contribution in [0.4, 0.5) is 0 Å². The molecule has 130 valence electrons. The molecule has 2 aromatic heterocycles. The first-order valence-corrected chi connectivity index (χ1v) is 9.65. The van der Waals surface area contributed by atoms with Gasteiger partial charge in [0.1, 0.15) is 10.4 Å². The van der Waals surface area contributed by atoms with Crippen LogP contribution in [0.2, 0.25) is 0 Å². The van der Waals surface area contributed by atoms with Gasteiger partial charge in [-0.1, -0.05) is 0 Å². The van der Waals surface area contributed by atoms with Crippen LogP contribution in [0.15, 0.2) is 11.1 Å². The molecule has 6 nitrogen and oxygen atoms in total. The number of nitrogens with one attached hydrogen (secondary N) is 1. The highest BCUT2D eigenvalue weighted by atomic mass is 32.1. The first-order valence-electron chi connectivity index (χ1n) is 8.84.